The molecule has 0 radical (unpaired) electrons. The average molecular weight is 275 g/mol. The summed E-state index contributed by atoms with van der Waals surface area (Å²) in [6.07, 6.45) is 2.37. The summed E-state index contributed by atoms with van der Waals surface area (Å²) in [5.41, 5.74) is 1.49. The van der Waals surface area contributed by atoms with Crippen molar-refractivity contribution in [1.82, 2.24) is 14.3 Å². The molecular weight excluding hydrogens is 264 g/mol. The molecule has 2 heterocycles. The Kier molecular flexibility index (Phi) is 2.67. The second-order valence-corrected chi connectivity index (χ2v) is 4.58. The highest BCUT2D eigenvalue weighted by atomic mass is 19.2. The highest BCUT2D eigenvalue weighted by molar-refractivity contribution is 5.86. The molecule has 0 saturated heterocycles. The predicted molar refractivity (Wildman–Crippen MR) is 70.1 cm³/mol. The van der Waals surface area contributed by atoms with E-state index in [1.807, 2.05) is 0 Å². The molecular formula is C14H11F2N3O. The zero-order valence-electron chi connectivity index (χ0n) is 10.9. The second kappa shape index (κ2) is 4.26. The van der Waals surface area contributed by atoms with Gasteiger partial charge in [0.15, 0.2) is 17.9 Å². The maximum atomic E-state index is 13.4. The maximum Gasteiger partial charge on any atom is 0.160 e. The fourth-order valence-electron chi connectivity index (χ4n) is 2.40. The molecule has 0 aliphatic heterocycles. The minimum absolute atomic E-state index is 0.426. The Labute approximate surface area is 113 Å². The van der Waals surface area contributed by atoms with Gasteiger partial charge in [-0.3, -0.25) is 9.48 Å². The molecule has 2 aromatic heterocycles. The van der Waals surface area contributed by atoms with E-state index >= 15 is 0 Å². The van der Waals surface area contributed by atoms with E-state index in [4.69, 9.17) is 0 Å². The van der Waals surface area contributed by atoms with Gasteiger partial charge >= 0.3 is 0 Å². The molecule has 0 spiro atoms. The number of benzene rings is 1. The highest BCUT2D eigenvalue weighted by Crippen LogP contribution is 2.25. The molecule has 0 aliphatic carbocycles. The Morgan fingerprint density at radius 3 is 2.65 bits per heavy atom. The largest absolute Gasteiger partial charge is 0.301 e. The first-order valence-electron chi connectivity index (χ1n) is 5.98. The standard InChI is InChI=1S/C14H11F2N3O/c1-8-10(7-20)14(18(2)17-8)19-4-3-9-5-11(15)12(16)6-13(9)19/h3-7H,1-2H3. The zero-order chi connectivity index (χ0) is 14.4. The van der Waals surface area contributed by atoms with Crippen molar-refractivity contribution in [3.63, 3.8) is 0 Å². The molecule has 4 nitrogen and oxygen atoms in total. The minimum atomic E-state index is -0.927. The van der Waals surface area contributed by atoms with Crippen LogP contribution in [0.4, 0.5) is 8.78 Å². The van der Waals surface area contributed by atoms with E-state index in [1.165, 1.54) is 0 Å². The summed E-state index contributed by atoms with van der Waals surface area (Å²) in [5.74, 6) is -1.30. The average Bonchev–Trinajstić information content (AvgIpc) is 2.90. The van der Waals surface area contributed by atoms with Gasteiger partial charge in [-0.05, 0) is 19.1 Å². The van der Waals surface area contributed by atoms with Crippen molar-refractivity contribution in [1.29, 1.82) is 0 Å². The van der Waals surface area contributed by atoms with Gasteiger partial charge in [0.25, 0.3) is 0 Å². The van der Waals surface area contributed by atoms with Crippen LogP contribution in [0.15, 0.2) is 24.4 Å². The van der Waals surface area contributed by atoms with Gasteiger partial charge in [0, 0.05) is 24.7 Å². The van der Waals surface area contributed by atoms with Gasteiger partial charge in [-0.15, -0.1) is 0 Å². The lowest BCUT2D eigenvalue weighted by Gasteiger charge is -2.07. The van der Waals surface area contributed by atoms with Crippen molar-refractivity contribution in [2.75, 3.05) is 0 Å². The van der Waals surface area contributed by atoms with Crippen LogP contribution in [0.5, 0.6) is 0 Å². The van der Waals surface area contributed by atoms with Crippen molar-refractivity contribution < 1.29 is 13.6 Å². The van der Waals surface area contributed by atoms with E-state index in [-0.39, 0.29) is 0 Å². The summed E-state index contributed by atoms with van der Waals surface area (Å²) in [4.78, 5) is 11.2. The number of carbonyl (C=O) groups is 1. The maximum absolute atomic E-state index is 13.4. The normalized spacial score (nSPS) is 11.2. The number of rotatable bonds is 2. The quantitative estimate of drug-likeness (QED) is 0.675. The van der Waals surface area contributed by atoms with Crippen LogP contribution in [0.25, 0.3) is 16.7 Å². The summed E-state index contributed by atoms with van der Waals surface area (Å²) in [6, 6.07) is 3.90. The Morgan fingerprint density at radius 2 is 1.95 bits per heavy atom. The molecule has 0 aliphatic rings. The third-order valence-corrected chi connectivity index (χ3v) is 3.32. The number of hydrogen-bond donors (Lipinski definition) is 0. The lowest BCUT2D eigenvalue weighted by Crippen LogP contribution is -2.04. The number of aryl methyl sites for hydroxylation is 2. The molecule has 3 rings (SSSR count). The SMILES string of the molecule is Cc1nn(C)c(-n2ccc3cc(F)c(F)cc32)c1C=O. The lowest BCUT2D eigenvalue weighted by molar-refractivity contribution is 0.112. The number of aromatic nitrogens is 3. The number of fused-ring (bicyclic) bond motifs is 1. The third kappa shape index (κ3) is 1.65. The molecule has 102 valence electrons. The second-order valence-electron chi connectivity index (χ2n) is 4.58. The van der Waals surface area contributed by atoms with Crippen molar-refractivity contribution in [3.8, 4) is 5.82 Å². The van der Waals surface area contributed by atoms with Crippen LogP contribution in [0, 0.1) is 18.6 Å². The van der Waals surface area contributed by atoms with Crippen molar-refractivity contribution in [2.45, 2.75) is 6.92 Å². The van der Waals surface area contributed by atoms with Gasteiger partial charge in [0.2, 0.25) is 0 Å². The van der Waals surface area contributed by atoms with Gasteiger partial charge in [0.05, 0.1) is 16.8 Å². The van der Waals surface area contributed by atoms with E-state index in [1.54, 1.807) is 35.5 Å². The van der Waals surface area contributed by atoms with E-state index in [0.717, 1.165) is 12.1 Å². The van der Waals surface area contributed by atoms with E-state index in [2.05, 4.69) is 5.10 Å². The topological polar surface area (TPSA) is 39.8 Å². The predicted octanol–water partition coefficient (Wildman–Crippen LogP) is 2.76. The molecule has 20 heavy (non-hydrogen) atoms. The van der Waals surface area contributed by atoms with E-state index in [0.29, 0.717) is 34.3 Å². The number of carbonyl (C=O) groups excluding carboxylic acids is 1. The molecule has 3 aromatic rings. The van der Waals surface area contributed by atoms with Crippen LogP contribution in [-0.2, 0) is 7.05 Å². The molecule has 0 amide bonds. The van der Waals surface area contributed by atoms with Crippen molar-refractivity contribution >= 4 is 17.2 Å². The smallest absolute Gasteiger partial charge is 0.160 e. The molecule has 0 atom stereocenters. The van der Waals surface area contributed by atoms with Gasteiger partial charge in [0.1, 0.15) is 5.82 Å². The molecule has 6 heteroatoms. The van der Waals surface area contributed by atoms with Crippen LogP contribution in [-0.4, -0.2) is 20.6 Å². The molecule has 0 N–H and O–H groups in total. The summed E-state index contributed by atoms with van der Waals surface area (Å²) in [7, 11) is 1.70. The fourth-order valence-corrected chi connectivity index (χ4v) is 2.40. The van der Waals surface area contributed by atoms with Gasteiger partial charge in [-0.25, -0.2) is 8.78 Å². The Bertz CT molecular complexity index is 833. The lowest BCUT2D eigenvalue weighted by atomic mass is 10.2. The summed E-state index contributed by atoms with van der Waals surface area (Å²) >= 11 is 0. The highest BCUT2D eigenvalue weighted by Gasteiger charge is 2.17. The van der Waals surface area contributed by atoms with Crippen LogP contribution in [0.2, 0.25) is 0 Å². The minimum Gasteiger partial charge on any atom is -0.301 e. The first kappa shape index (κ1) is 12.5. The van der Waals surface area contributed by atoms with Gasteiger partial charge in [-0.2, -0.15) is 5.10 Å². The number of halogens is 2. The first-order chi connectivity index (χ1) is 9.52. The third-order valence-electron chi connectivity index (χ3n) is 3.32. The fraction of sp³-hybridized carbons (Fsp3) is 0.143. The van der Waals surface area contributed by atoms with E-state index in [9.17, 15) is 13.6 Å². The molecule has 0 unspecified atom stereocenters. The van der Waals surface area contributed by atoms with Crippen LogP contribution in [0.3, 0.4) is 0 Å². The first-order valence-corrected chi connectivity index (χ1v) is 5.98. The molecule has 0 bridgehead atoms. The number of hydrogen-bond acceptors (Lipinski definition) is 2. The Balaban J connectivity index is 2.36. The van der Waals surface area contributed by atoms with Crippen molar-refractivity contribution in [3.05, 3.63) is 47.3 Å². The molecule has 0 saturated carbocycles. The van der Waals surface area contributed by atoms with Gasteiger partial charge < -0.3 is 4.57 Å². The van der Waals surface area contributed by atoms with Gasteiger partial charge in [-0.1, -0.05) is 0 Å². The zero-order valence-corrected chi connectivity index (χ0v) is 10.9. The van der Waals surface area contributed by atoms with E-state index < -0.39 is 11.6 Å². The van der Waals surface area contributed by atoms with Crippen LogP contribution in [0.1, 0.15) is 16.1 Å². The number of nitrogens with zero attached hydrogens (tertiary/aromatic N) is 3. The van der Waals surface area contributed by atoms with Crippen LogP contribution >= 0.6 is 0 Å². The monoisotopic (exact) mass is 275 g/mol. The molecule has 1 aromatic carbocycles. The van der Waals surface area contributed by atoms with Crippen molar-refractivity contribution in [2.24, 2.45) is 7.05 Å². The summed E-state index contributed by atoms with van der Waals surface area (Å²) in [5, 5.41) is 4.74. The summed E-state index contributed by atoms with van der Waals surface area (Å²) < 4.78 is 29.8. The number of aldehydes is 1. The Hall–Kier alpha value is -2.50. The van der Waals surface area contributed by atoms with Crippen LogP contribution < -0.4 is 0 Å². The molecule has 0 fully saturated rings. The summed E-state index contributed by atoms with van der Waals surface area (Å²) in [6.45, 7) is 1.72. The Morgan fingerprint density at radius 1 is 1.25 bits per heavy atom.